The predicted octanol–water partition coefficient (Wildman–Crippen LogP) is 6.08. The van der Waals surface area contributed by atoms with E-state index in [0.717, 1.165) is 38.4 Å². The van der Waals surface area contributed by atoms with Gasteiger partial charge in [0.2, 0.25) is 0 Å². The van der Waals surface area contributed by atoms with Crippen molar-refractivity contribution in [1.82, 2.24) is 4.98 Å². The summed E-state index contributed by atoms with van der Waals surface area (Å²) in [6, 6.07) is 4.09. The first-order valence-electron chi connectivity index (χ1n) is 10.8. The Labute approximate surface area is 196 Å². The van der Waals surface area contributed by atoms with Crippen LogP contribution in [0.4, 0.5) is 5.82 Å². The van der Waals surface area contributed by atoms with E-state index in [4.69, 9.17) is 10.7 Å². The predicted molar refractivity (Wildman–Crippen MR) is 139 cm³/mol. The second kappa shape index (κ2) is 8.74. The van der Waals surface area contributed by atoms with Crippen LogP contribution in [0.3, 0.4) is 0 Å². The number of phenols is 1. The van der Waals surface area contributed by atoms with Gasteiger partial charge >= 0.3 is 0 Å². The summed E-state index contributed by atoms with van der Waals surface area (Å²) in [5, 5.41) is 12.0. The number of hydrogen-bond acceptors (Lipinski definition) is 6. The van der Waals surface area contributed by atoms with E-state index < -0.39 is 0 Å². The van der Waals surface area contributed by atoms with Crippen molar-refractivity contribution < 1.29 is 5.11 Å². The third-order valence-corrected chi connectivity index (χ3v) is 6.46. The summed E-state index contributed by atoms with van der Waals surface area (Å²) in [7, 11) is 1.76. The summed E-state index contributed by atoms with van der Waals surface area (Å²) < 4.78 is 0. The molecule has 0 radical (unpaired) electrons. The minimum absolute atomic E-state index is 0.0788. The quantitative estimate of drug-likeness (QED) is 0.317. The fourth-order valence-corrected chi connectivity index (χ4v) is 4.58. The van der Waals surface area contributed by atoms with Gasteiger partial charge in [0.1, 0.15) is 22.6 Å². The lowest BCUT2D eigenvalue weighted by Gasteiger charge is -2.29. The van der Waals surface area contributed by atoms with Gasteiger partial charge in [-0.3, -0.25) is 9.98 Å². The van der Waals surface area contributed by atoms with E-state index in [1.165, 1.54) is 0 Å². The Bertz CT molecular complexity index is 1060. The molecule has 5 nitrogen and oxygen atoms in total. The van der Waals surface area contributed by atoms with Crippen molar-refractivity contribution in [3.8, 4) is 16.9 Å². The topological polar surface area (TPSA) is 83.9 Å². The van der Waals surface area contributed by atoms with Gasteiger partial charge in [0, 0.05) is 53.0 Å². The molecular formula is C26H34N4OS. The Morgan fingerprint density at radius 2 is 1.72 bits per heavy atom. The first-order valence-corrected chi connectivity index (χ1v) is 11.8. The molecule has 0 amide bonds. The van der Waals surface area contributed by atoms with Gasteiger partial charge in [0.05, 0.1) is 0 Å². The lowest BCUT2D eigenvalue weighted by Crippen LogP contribution is -2.18. The van der Waals surface area contributed by atoms with E-state index in [0.29, 0.717) is 17.3 Å². The van der Waals surface area contributed by atoms with E-state index >= 15 is 0 Å². The summed E-state index contributed by atoms with van der Waals surface area (Å²) in [6.45, 7) is 16.5. The Morgan fingerprint density at radius 3 is 2.16 bits per heavy atom. The normalized spacial score (nSPS) is 16.0. The third kappa shape index (κ3) is 4.75. The first-order chi connectivity index (χ1) is 14.9. The molecule has 2 aromatic rings. The molecule has 2 heterocycles. The number of aromatic hydroxyl groups is 1. The largest absolute Gasteiger partial charge is 0.507 e. The molecule has 1 aromatic heterocycles. The van der Waals surface area contributed by atoms with Gasteiger partial charge in [-0.05, 0) is 28.5 Å². The van der Waals surface area contributed by atoms with E-state index in [1.54, 1.807) is 18.8 Å². The summed E-state index contributed by atoms with van der Waals surface area (Å²) in [5.41, 5.74) is 11.6. The molecular weight excluding hydrogens is 416 g/mol. The second-order valence-electron chi connectivity index (χ2n) is 10.2. The van der Waals surface area contributed by atoms with Crippen LogP contribution >= 0.6 is 11.8 Å². The van der Waals surface area contributed by atoms with Gasteiger partial charge in [-0.2, -0.15) is 0 Å². The minimum Gasteiger partial charge on any atom is -0.507 e. The summed E-state index contributed by atoms with van der Waals surface area (Å²) in [6.07, 6.45) is 5.58. The van der Waals surface area contributed by atoms with E-state index in [9.17, 15) is 5.11 Å². The zero-order valence-electron chi connectivity index (χ0n) is 20.2. The van der Waals surface area contributed by atoms with Crippen LogP contribution in [0.5, 0.6) is 5.75 Å². The molecule has 0 saturated heterocycles. The zero-order chi connectivity index (χ0) is 23.8. The third-order valence-electron chi connectivity index (χ3n) is 5.47. The maximum Gasteiger partial charge on any atom is 0.131 e. The number of nitrogen functional groups attached to an aromatic ring is 1. The lowest BCUT2D eigenvalue weighted by molar-refractivity contribution is 0.423. The van der Waals surface area contributed by atoms with E-state index in [2.05, 4.69) is 70.2 Å². The van der Waals surface area contributed by atoms with Crippen molar-refractivity contribution >= 4 is 30.0 Å². The number of rotatable bonds is 6. The zero-order valence-corrected chi connectivity index (χ0v) is 21.0. The van der Waals surface area contributed by atoms with Crippen LogP contribution < -0.4 is 5.73 Å². The van der Waals surface area contributed by atoms with Crippen LogP contribution in [0.15, 0.2) is 39.8 Å². The molecule has 170 valence electrons. The van der Waals surface area contributed by atoms with Crippen molar-refractivity contribution in [3.63, 3.8) is 0 Å². The average Bonchev–Trinajstić information content (AvgIpc) is 3.51. The van der Waals surface area contributed by atoms with Crippen LogP contribution in [-0.2, 0) is 10.8 Å². The summed E-state index contributed by atoms with van der Waals surface area (Å²) in [5.74, 6) is 1.54. The average molecular weight is 451 g/mol. The van der Waals surface area contributed by atoms with Gasteiger partial charge in [-0.15, -0.1) is 18.3 Å². The van der Waals surface area contributed by atoms with Gasteiger partial charge in [-0.25, -0.2) is 4.98 Å². The number of hydrogen-bond donors (Lipinski definition) is 2. The fourth-order valence-electron chi connectivity index (χ4n) is 3.83. The second-order valence-corrected chi connectivity index (χ2v) is 11.2. The van der Waals surface area contributed by atoms with Crippen molar-refractivity contribution in [2.45, 2.75) is 63.4 Å². The summed E-state index contributed by atoms with van der Waals surface area (Å²) in [4.78, 5) is 13.5. The standard InChI is InChI=1S/C26H34N4OS/c1-9-10-32-24-16(13-28-8)20(21(19-14-29-19)23(27)30-24)15-11-17(25(2,3)4)22(31)18(12-15)26(5,6)7/h9,11-14,19,31H,1,10H2,2-8H3,(H2,27,30). The van der Waals surface area contributed by atoms with Gasteiger partial charge in [0.15, 0.2) is 0 Å². The number of anilines is 1. The number of nitrogens with two attached hydrogens (primary N) is 1. The maximum absolute atomic E-state index is 11.2. The molecule has 1 unspecified atom stereocenters. The van der Waals surface area contributed by atoms with Crippen molar-refractivity contribution in [2.24, 2.45) is 9.98 Å². The highest BCUT2D eigenvalue weighted by molar-refractivity contribution is 7.99. The van der Waals surface area contributed by atoms with Gasteiger partial charge in [-0.1, -0.05) is 47.6 Å². The molecule has 1 aromatic carbocycles. The van der Waals surface area contributed by atoms with E-state index in [-0.39, 0.29) is 16.9 Å². The summed E-state index contributed by atoms with van der Waals surface area (Å²) >= 11 is 1.58. The fraction of sp³-hybridized carbons (Fsp3) is 0.423. The highest BCUT2D eigenvalue weighted by Gasteiger charge is 2.32. The molecule has 0 aliphatic carbocycles. The lowest BCUT2D eigenvalue weighted by atomic mass is 9.77. The monoisotopic (exact) mass is 450 g/mol. The molecule has 0 bridgehead atoms. The van der Waals surface area contributed by atoms with Crippen LogP contribution in [0, 0.1) is 0 Å². The Balaban J connectivity index is 2.45. The Hall–Kier alpha value is -2.60. The van der Waals surface area contributed by atoms with Crippen molar-refractivity contribution in [3.05, 3.63) is 47.0 Å². The van der Waals surface area contributed by atoms with Crippen LogP contribution in [0.1, 0.15) is 69.8 Å². The smallest absolute Gasteiger partial charge is 0.131 e. The molecule has 0 fully saturated rings. The van der Waals surface area contributed by atoms with Crippen molar-refractivity contribution in [2.75, 3.05) is 18.5 Å². The highest BCUT2D eigenvalue weighted by Crippen LogP contribution is 2.46. The van der Waals surface area contributed by atoms with Crippen LogP contribution in [0.2, 0.25) is 0 Å². The number of thioether (sulfide) groups is 1. The number of nitrogens with zero attached hydrogens (tertiary/aromatic N) is 3. The van der Waals surface area contributed by atoms with Crippen LogP contribution in [-0.4, -0.2) is 35.3 Å². The Kier molecular flexibility index (Phi) is 6.57. The highest BCUT2D eigenvalue weighted by atomic mass is 32.2. The molecule has 32 heavy (non-hydrogen) atoms. The number of benzene rings is 1. The number of aliphatic imine (C=N–C) groups is 2. The molecule has 3 N–H and O–H groups in total. The minimum atomic E-state index is -0.242. The van der Waals surface area contributed by atoms with Crippen LogP contribution in [0.25, 0.3) is 11.1 Å². The number of pyridine rings is 1. The van der Waals surface area contributed by atoms with Gasteiger partial charge in [0.25, 0.3) is 0 Å². The molecule has 0 saturated carbocycles. The molecule has 1 aliphatic rings. The number of aromatic nitrogens is 1. The van der Waals surface area contributed by atoms with Crippen molar-refractivity contribution in [1.29, 1.82) is 0 Å². The SMILES string of the molecule is C=CCSc1nc(N)c(C2C=N2)c(-c2cc(C(C)(C)C)c(O)c(C(C)(C)C)c2)c1C=NC. The molecule has 1 aliphatic heterocycles. The Morgan fingerprint density at radius 1 is 1.16 bits per heavy atom. The van der Waals surface area contributed by atoms with E-state index in [1.807, 2.05) is 18.5 Å². The molecule has 0 spiro atoms. The molecule has 1 atom stereocenters. The molecule has 6 heteroatoms. The maximum atomic E-state index is 11.2. The molecule has 3 rings (SSSR count). The first kappa shape index (κ1) is 24.1. The number of phenolic OH excluding ortho intramolecular Hbond substituents is 1. The van der Waals surface area contributed by atoms with Gasteiger partial charge < -0.3 is 10.8 Å².